The van der Waals surface area contributed by atoms with E-state index in [-0.39, 0.29) is 0 Å². The summed E-state index contributed by atoms with van der Waals surface area (Å²) in [5.41, 5.74) is 12.8. The van der Waals surface area contributed by atoms with E-state index < -0.39 is 0 Å². The molecule has 0 amide bonds. The maximum absolute atomic E-state index is 5.36. The van der Waals surface area contributed by atoms with Gasteiger partial charge in [-0.25, -0.2) is 9.97 Å². The fourth-order valence-electron chi connectivity index (χ4n) is 8.05. The summed E-state index contributed by atoms with van der Waals surface area (Å²) in [6.07, 6.45) is 3.73. The van der Waals surface area contributed by atoms with Gasteiger partial charge in [-0.15, -0.1) is 22.7 Å². The Bertz CT molecular complexity index is 3180. The lowest BCUT2D eigenvalue weighted by Gasteiger charge is -2.14. The van der Waals surface area contributed by atoms with Gasteiger partial charge in [0.15, 0.2) is 5.82 Å². The highest BCUT2D eigenvalue weighted by Crippen LogP contribution is 2.41. The number of benzene rings is 7. The Labute approximate surface area is 338 Å². The topological polar surface area (TPSA) is 38.7 Å². The molecule has 0 aliphatic heterocycles. The number of fused-ring (bicyclic) bond motifs is 6. The third-order valence-corrected chi connectivity index (χ3v) is 13.2. The van der Waals surface area contributed by atoms with Crippen molar-refractivity contribution in [2.45, 2.75) is 6.92 Å². The van der Waals surface area contributed by atoms with Gasteiger partial charge in [-0.1, -0.05) is 97.1 Å². The Balaban J connectivity index is 1.12. The van der Waals surface area contributed by atoms with Gasteiger partial charge >= 0.3 is 0 Å². The maximum atomic E-state index is 5.36. The normalized spacial score (nSPS) is 11.6. The highest BCUT2D eigenvalue weighted by atomic mass is 32.1. The predicted octanol–water partition coefficient (Wildman–Crippen LogP) is 14.9. The molecule has 0 radical (unpaired) electrons. The van der Waals surface area contributed by atoms with Gasteiger partial charge in [0.25, 0.3) is 0 Å². The summed E-state index contributed by atoms with van der Waals surface area (Å²) in [4.78, 5) is 15.0. The van der Waals surface area contributed by atoms with Crippen LogP contribution in [0.25, 0.3) is 108 Å². The number of hydrogen-bond acceptors (Lipinski definition) is 5. The fourth-order valence-corrected chi connectivity index (χ4v) is 10.2. The van der Waals surface area contributed by atoms with Crippen molar-refractivity contribution < 1.29 is 0 Å². The average molecular weight is 764 g/mol. The van der Waals surface area contributed by atoms with Gasteiger partial charge in [-0.2, -0.15) is 0 Å². The first-order valence-electron chi connectivity index (χ1n) is 19.1. The monoisotopic (exact) mass is 763 g/mol. The summed E-state index contributed by atoms with van der Waals surface area (Å²) in [6, 6.07) is 61.2. The number of aromatic nitrogens is 3. The lowest BCUT2D eigenvalue weighted by molar-refractivity contribution is 1.18. The quantitative estimate of drug-likeness (QED) is 0.169. The van der Waals surface area contributed by atoms with Gasteiger partial charge in [0.05, 0.1) is 11.4 Å². The van der Waals surface area contributed by atoms with Crippen LogP contribution in [0.4, 0.5) is 0 Å². The van der Waals surface area contributed by atoms with Gasteiger partial charge in [0.2, 0.25) is 0 Å². The molecule has 0 aliphatic carbocycles. The van der Waals surface area contributed by atoms with E-state index in [0.717, 1.165) is 61.5 Å². The first-order valence-corrected chi connectivity index (χ1v) is 20.7. The molecule has 3 nitrogen and oxygen atoms in total. The zero-order chi connectivity index (χ0) is 37.9. The summed E-state index contributed by atoms with van der Waals surface area (Å²) >= 11 is 3.69. The molecule has 0 bridgehead atoms. The van der Waals surface area contributed by atoms with Gasteiger partial charge in [0.1, 0.15) is 0 Å². The molecule has 0 unspecified atom stereocenters. The second kappa shape index (κ2) is 13.7. The van der Waals surface area contributed by atoms with Crippen molar-refractivity contribution in [3.8, 4) is 67.3 Å². The van der Waals surface area contributed by atoms with Crippen LogP contribution in [0.3, 0.4) is 0 Å². The van der Waals surface area contributed by atoms with Crippen molar-refractivity contribution in [2.75, 3.05) is 0 Å². The summed E-state index contributed by atoms with van der Waals surface area (Å²) in [6.45, 7) is 2.16. The minimum Gasteiger partial charge on any atom is -0.264 e. The first kappa shape index (κ1) is 33.5. The van der Waals surface area contributed by atoms with Crippen molar-refractivity contribution in [3.63, 3.8) is 0 Å². The van der Waals surface area contributed by atoms with E-state index in [9.17, 15) is 0 Å². The summed E-state index contributed by atoms with van der Waals surface area (Å²) in [7, 11) is 0. The highest BCUT2D eigenvalue weighted by Gasteiger charge is 2.16. The van der Waals surface area contributed by atoms with Crippen molar-refractivity contribution in [2.24, 2.45) is 0 Å². The molecule has 268 valence electrons. The number of rotatable bonds is 6. The molecular formula is C52H33N3S2. The minimum absolute atomic E-state index is 0.688. The zero-order valence-corrected chi connectivity index (χ0v) is 32.6. The number of hydrogen-bond donors (Lipinski definition) is 0. The molecule has 0 spiro atoms. The second-order valence-electron chi connectivity index (χ2n) is 14.5. The number of nitrogens with zero attached hydrogens (tertiary/aromatic N) is 3. The Morgan fingerprint density at radius 2 is 0.912 bits per heavy atom. The van der Waals surface area contributed by atoms with Crippen LogP contribution in [0, 0.1) is 6.92 Å². The Hall–Kier alpha value is -6.79. The molecule has 0 N–H and O–H groups in total. The van der Waals surface area contributed by atoms with Crippen LogP contribution < -0.4 is 0 Å². The summed E-state index contributed by atoms with van der Waals surface area (Å²) in [5, 5.41) is 5.14. The average Bonchev–Trinajstić information content (AvgIpc) is 3.84. The van der Waals surface area contributed by atoms with Crippen LogP contribution in [0.15, 0.2) is 182 Å². The Morgan fingerprint density at radius 1 is 0.368 bits per heavy atom. The van der Waals surface area contributed by atoms with Gasteiger partial charge in [-0.3, -0.25) is 4.98 Å². The van der Waals surface area contributed by atoms with E-state index in [1.54, 1.807) is 0 Å². The lowest BCUT2D eigenvalue weighted by atomic mass is 9.94. The van der Waals surface area contributed by atoms with E-state index in [0.29, 0.717) is 5.82 Å². The van der Waals surface area contributed by atoms with Crippen LogP contribution in [0.1, 0.15) is 5.56 Å². The zero-order valence-electron chi connectivity index (χ0n) is 31.0. The second-order valence-corrected chi connectivity index (χ2v) is 16.7. The highest BCUT2D eigenvalue weighted by molar-refractivity contribution is 7.26. The summed E-state index contributed by atoms with van der Waals surface area (Å²) in [5.74, 6) is 0.688. The van der Waals surface area contributed by atoms with E-state index in [1.165, 1.54) is 45.9 Å². The molecule has 5 heteroatoms. The lowest BCUT2D eigenvalue weighted by Crippen LogP contribution is -1.97. The molecule has 0 saturated carbocycles. The number of thiophene rings is 2. The molecule has 7 aromatic carbocycles. The summed E-state index contributed by atoms with van der Waals surface area (Å²) < 4.78 is 5.19. The molecule has 4 heterocycles. The smallest absolute Gasteiger partial charge is 0.160 e. The standard InChI is InChI=1S/C52H33N3S2/c1-32-24-36(17-20-41(32)37-12-9-23-53-31-37)47-30-46(33-10-3-2-4-11-33)54-52(55-47)40-26-38(34-18-21-50-44(28-34)42-13-5-7-15-48(42)56-50)25-39(27-40)35-19-22-51-45(29-35)43-14-6-8-16-49(43)57-51/h2-31H,1H3. The maximum Gasteiger partial charge on any atom is 0.160 e. The van der Waals surface area contributed by atoms with Crippen molar-refractivity contribution in [1.29, 1.82) is 0 Å². The Kier molecular flexibility index (Phi) is 8.09. The van der Waals surface area contributed by atoms with Crippen LogP contribution in [0.2, 0.25) is 0 Å². The van der Waals surface area contributed by atoms with E-state index >= 15 is 0 Å². The first-order chi connectivity index (χ1) is 28.1. The van der Waals surface area contributed by atoms with E-state index in [4.69, 9.17) is 9.97 Å². The molecule has 0 fully saturated rings. The third kappa shape index (κ3) is 6.09. The number of aryl methyl sites for hydroxylation is 1. The van der Waals surface area contributed by atoms with Gasteiger partial charge < -0.3 is 0 Å². The predicted molar refractivity (Wildman–Crippen MR) is 243 cm³/mol. The van der Waals surface area contributed by atoms with Crippen LogP contribution in [0.5, 0.6) is 0 Å². The Morgan fingerprint density at radius 3 is 1.53 bits per heavy atom. The fraction of sp³-hybridized carbons (Fsp3) is 0.0192. The van der Waals surface area contributed by atoms with Gasteiger partial charge in [0, 0.05) is 75.0 Å². The minimum atomic E-state index is 0.688. The van der Waals surface area contributed by atoms with E-state index in [1.807, 2.05) is 47.2 Å². The molecule has 11 rings (SSSR count). The SMILES string of the molecule is Cc1cc(-c2cc(-c3ccccc3)nc(-c3cc(-c4ccc5sc6ccccc6c5c4)cc(-c4ccc5sc6ccccc6c5c4)c3)n2)ccc1-c1cccnc1. The largest absolute Gasteiger partial charge is 0.264 e. The van der Waals surface area contributed by atoms with Gasteiger partial charge in [-0.05, 0) is 113 Å². The number of pyridine rings is 1. The van der Waals surface area contributed by atoms with Crippen LogP contribution >= 0.6 is 22.7 Å². The molecule has 4 aromatic heterocycles. The molecule has 0 saturated heterocycles. The molecule has 0 atom stereocenters. The van der Waals surface area contributed by atoms with Crippen molar-refractivity contribution in [1.82, 2.24) is 15.0 Å². The molecule has 0 aliphatic rings. The molecule has 11 aromatic rings. The molecule has 57 heavy (non-hydrogen) atoms. The third-order valence-electron chi connectivity index (χ3n) is 10.9. The van der Waals surface area contributed by atoms with Crippen LogP contribution in [-0.4, -0.2) is 15.0 Å². The molecular weight excluding hydrogens is 731 g/mol. The van der Waals surface area contributed by atoms with Crippen molar-refractivity contribution in [3.05, 3.63) is 188 Å². The van der Waals surface area contributed by atoms with E-state index in [2.05, 4.69) is 170 Å². The van der Waals surface area contributed by atoms with Crippen molar-refractivity contribution >= 4 is 63.0 Å². The van der Waals surface area contributed by atoms with Crippen LogP contribution in [-0.2, 0) is 0 Å².